The monoisotopic (exact) mass is 195 g/mol. The van der Waals surface area contributed by atoms with Gasteiger partial charge in [0.25, 0.3) is 0 Å². The van der Waals surface area contributed by atoms with Crippen molar-refractivity contribution in [2.24, 2.45) is 5.90 Å². The van der Waals surface area contributed by atoms with Gasteiger partial charge in [0.15, 0.2) is 0 Å². The molecule has 3 N–H and O–H groups in total. The predicted molar refractivity (Wildman–Crippen MR) is 55.7 cm³/mol. The summed E-state index contributed by atoms with van der Waals surface area (Å²) in [7, 11) is 0. The molecule has 1 rings (SSSR count). The summed E-state index contributed by atoms with van der Waals surface area (Å²) in [5.41, 5.74) is 2.34. The molecule has 0 bridgehead atoms. The first-order valence-corrected chi connectivity index (χ1v) is 4.80. The Balaban J connectivity index is 2.59. The molecule has 0 saturated heterocycles. The molecule has 1 unspecified atom stereocenters. The first-order chi connectivity index (χ1) is 6.72. The van der Waals surface area contributed by atoms with E-state index in [0.717, 1.165) is 12.0 Å². The number of rotatable bonds is 5. The second-order valence-corrected chi connectivity index (χ2v) is 3.49. The second kappa shape index (κ2) is 5.75. The van der Waals surface area contributed by atoms with Gasteiger partial charge in [-0.1, -0.05) is 24.3 Å². The maximum atomic E-state index is 9.23. The number of hydrogen-bond donors (Lipinski definition) is 2. The molecule has 1 aromatic carbocycles. The molecule has 0 radical (unpaired) electrons. The molecule has 0 saturated carbocycles. The molecule has 14 heavy (non-hydrogen) atoms. The fraction of sp³-hybridized carbons (Fsp3) is 0.455. The van der Waals surface area contributed by atoms with Crippen LogP contribution in [-0.4, -0.2) is 17.8 Å². The van der Waals surface area contributed by atoms with Crippen molar-refractivity contribution in [2.75, 3.05) is 6.61 Å². The summed E-state index contributed by atoms with van der Waals surface area (Å²) in [6.45, 7) is 2.31. The van der Waals surface area contributed by atoms with E-state index < -0.39 is 0 Å². The number of hydrogen-bond acceptors (Lipinski definition) is 3. The Morgan fingerprint density at radius 2 is 2.14 bits per heavy atom. The third-order valence-electron chi connectivity index (χ3n) is 2.03. The fourth-order valence-corrected chi connectivity index (χ4v) is 1.43. The summed E-state index contributed by atoms with van der Waals surface area (Å²) in [5.74, 6) is 4.96. The summed E-state index contributed by atoms with van der Waals surface area (Å²) in [6, 6.07) is 8.11. The van der Waals surface area contributed by atoms with Crippen LogP contribution in [0.4, 0.5) is 0 Å². The quantitative estimate of drug-likeness (QED) is 0.690. The molecular weight excluding hydrogens is 178 g/mol. The molecule has 0 amide bonds. The Kier molecular flexibility index (Phi) is 4.59. The first-order valence-electron chi connectivity index (χ1n) is 4.80. The molecule has 0 aromatic heterocycles. The van der Waals surface area contributed by atoms with Crippen molar-refractivity contribution in [1.29, 1.82) is 0 Å². The largest absolute Gasteiger partial charge is 0.393 e. The van der Waals surface area contributed by atoms with Crippen molar-refractivity contribution >= 4 is 0 Å². The van der Waals surface area contributed by atoms with E-state index in [1.165, 1.54) is 5.56 Å². The average molecular weight is 195 g/mol. The van der Waals surface area contributed by atoms with E-state index >= 15 is 0 Å². The number of aliphatic hydroxyl groups excluding tert-OH is 1. The van der Waals surface area contributed by atoms with Crippen molar-refractivity contribution in [2.45, 2.75) is 25.9 Å². The fourth-order valence-electron chi connectivity index (χ4n) is 1.43. The molecule has 1 aromatic rings. The SMILES string of the molecule is CC(O)Cc1cccc(CCON)c1. The molecule has 0 aliphatic heterocycles. The highest BCUT2D eigenvalue weighted by Gasteiger charge is 2.00. The maximum Gasteiger partial charge on any atom is 0.0719 e. The molecule has 3 heteroatoms. The van der Waals surface area contributed by atoms with Gasteiger partial charge in [-0.3, -0.25) is 0 Å². The van der Waals surface area contributed by atoms with Gasteiger partial charge in [0.1, 0.15) is 0 Å². The van der Waals surface area contributed by atoms with Gasteiger partial charge in [-0.25, -0.2) is 5.90 Å². The lowest BCUT2D eigenvalue weighted by molar-refractivity contribution is 0.141. The molecule has 78 valence electrons. The van der Waals surface area contributed by atoms with E-state index in [-0.39, 0.29) is 6.10 Å². The van der Waals surface area contributed by atoms with E-state index in [4.69, 9.17) is 5.90 Å². The Morgan fingerprint density at radius 3 is 2.79 bits per heavy atom. The van der Waals surface area contributed by atoms with Gasteiger partial charge in [-0.2, -0.15) is 0 Å². The van der Waals surface area contributed by atoms with Gasteiger partial charge in [0, 0.05) is 0 Å². The molecule has 0 aliphatic rings. The molecule has 0 heterocycles. The Bertz CT molecular complexity index is 274. The van der Waals surface area contributed by atoms with Crippen LogP contribution in [0.1, 0.15) is 18.1 Å². The van der Waals surface area contributed by atoms with Crippen LogP contribution < -0.4 is 5.90 Å². The predicted octanol–water partition coefficient (Wildman–Crippen LogP) is 1.04. The van der Waals surface area contributed by atoms with Crippen molar-refractivity contribution in [3.8, 4) is 0 Å². The minimum atomic E-state index is -0.295. The van der Waals surface area contributed by atoms with E-state index in [0.29, 0.717) is 13.0 Å². The second-order valence-electron chi connectivity index (χ2n) is 3.49. The zero-order valence-corrected chi connectivity index (χ0v) is 8.44. The van der Waals surface area contributed by atoms with E-state index in [9.17, 15) is 5.11 Å². The van der Waals surface area contributed by atoms with Crippen molar-refractivity contribution in [3.05, 3.63) is 35.4 Å². The maximum absolute atomic E-state index is 9.23. The molecule has 3 nitrogen and oxygen atoms in total. The van der Waals surface area contributed by atoms with Crippen LogP contribution in [0.3, 0.4) is 0 Å². The van der Waals surface area contributed by atoms with Crippen molar-refractivity contribution < 1.29 is 9.94 Å². The minimum absolute atomic E-state index is 0.295. The lowest BCUT2D eigenvalue weighted by atomic mass is 10.0. The summed E-state index contributed by atoms with van der Waals surface area (Å²) >= 11 is 0. The van der Waals surface area contributed by atoms with Gasteiger partial charge in [-0.05, 0) is 30.9 Å². The van der Waals surface area contributed by atoms with E-state index in [2.05, 4.69) is 10.9 Å². The Labute approximate surface area is 84.5 Å². The number of benzene rings is 1. The van der Waals surface area contributed by atoms with Crippen LogP contribution in [0.15, 0.2) is 24.3 Å². The zero-order valence-electron chi connectivity index (χ0n) is 8.44. The van der Waals surface area contributed by atoms with Crippen LogP contribution in [0.2, 0.25) is 0 Å². The highest BCUT2D eigenvalue weighted by molar-refractivity contribution is 5.24. The summed E-state index contributed by atoms with van der Waals surface area (Å²) in [5, 5.41) is 9.23. The molecule has 0 spiro atoms. The van der Waals surface area contributed by atoms with Crippen LogP contribution in [0.5, 0.6) is 0 Å². The highest BCUT2D eigenvalue weighted by Crippen LogP contribution is 2.08. The van der Waals surface area contributed by atoms with E-state index in [1.54, 1.807) is 6.92 Å². The van der Waals surface area contributed by atoms with Gasteiger partial charge in [0.2, 0.25) is 0 Å². The highest BCUT2D eigenvalue weighted by atomic mass is 16.6. The molecule has 1 atom stereocenters. The van der Waals surface area contributed by atoms with Crippen molar-refractivity contribution in [1.82, 2.24) is 0 Å². The smallest absolute Gasteiger partial charge is 0.0719 e. The summed E-state index contributed by atoms with van der Waals surface area (Å²) in [6.07, 6.45) is 1.21. The summed E-state index contributed by atoms with van der Waals surface area (Å²) in [4.78, 5) is 4.52. The minimum Gasteiger partial charge on any atom is -0.393 e. The van der Waals surface area contributed by atoms with Crippen LogP contribution >= 0.6 is 0 Å². The summed E-state index contributed by atoms with van der Waals surface area (Å²) < 4.78 is 0. The van der Waals surface area contributed by atoms with Crippen LogP contribution in [-0.2, 0) is 17.7 Å². The Hall–Kier alpha value is -0.900. The topological polar surface area (TPSA) is 55.5 Å². The zero-order chi connectivity index (χ0) is 10.4. The first kappa shape index (κ1) is 11.2. The van der Waals surface area contributed by atoms with Gasteiger partial charge in [0.05, 0.1) is 12.7 Å². The normalized spacial score (nSPS) is 12.8. The third-order valence-corrected chi connectivity index (χ3v) is 2.03. The number of aliphatic hydroxyl groups is 1. The Morgan fingerprint density at radius 1 is 1.43 bits per heavy atom. The van der Waals surface area contributed by atoms with Gasteiger partial charge < -0.3 is 9.94 Å². The standard InChI is InChI=1S/C11H17NO2/c1-9(13)7-11-4-2-3-10(8-11)5-6-14-12/h2-4,8-9,13H,5-7,12H2,1H3. The van der Waals surface area contributed by atoms with Crippen LogP contribution in [0.25, 0.3) is 0 Å². The van der Waals surface area contributed by atoms with E-state index in [1.807, 2.05) is 18.2 Å². The lowest BCUT2D eigenvalue weighted by Gasteiger charge is -2.06. The number of nitrogens with two attached hydrogens (primary N) is 1. The van der Waals surface area contributed by atoms with Gasteiger partial charge >= 0.3 is 0 Å². The van der Waals surface area contributed by atoms with Crippen molar-refractivity contribution in [3.63, 3.8) is 0 Å². The lowest BCUT2D eigenvalue weighted by Crippen LogP contribution is -2.06. The molecule has 0 fully saturated rings. The molecule has 0 aliphatic carbocycles. The average Bonchev–Trinajstić information content (AvgIpc) is 2.14. The van der Waals surface area contributed by atoms with Crippen LogP contribution in [0, 0.1) is 0 Å². The van der Waals surface area contributed by atoms with Gasteiger partial charge in [-0.15, -0.1) is 0 Å². The third kappa shape index (κ3) is 3.87. The molecular formula is C11H17NO2.